The number of nitrogens with zero attached hydrogens (tertiary/aromatic N) is 1. The van der Waals surface area contributed by atoms with Crippen LogP contribution < -0.4 is 10.6 Å². The number of carbonyl (C=O) groups is 1. The van der Waals surface area contributed by atoms with E-state index in [4.69, 9.17) is 0 Å². The van der Waals surface area contributed by atoms with Crippen LogP contribution in [0.1, 0.15) is 17.5 Å². The Balaban J connectivity index is 1.51. The maximum absolute atomic E-state index is 12.3. The number of benzene rings is 1. The molecule has 1 saturated heterocycles. The molecule has 0 radical (unpaired) electrons. The number of likely N-dealkylation sites (tertiary alicyclic amines) is 1. The molecule has 2 unspecified atom stereocenters. The van der Waals surface area contributed by atoms with Gasteiger partial charge in [0.1, 0.15) is 0 Å². The van der Waals surface area contributed by atoms with Crippen LogP contribution in [0.15, 0.2) is 24.3 Å². The summed E-state index contributed by atoms with van der Waals surface area (Å²) >= 11 is 0. The van der Waals surface area contributed by atoms with E-state index < -0.39 is 0 Å². The fourth-order valence-corrected chi connectivity index (χ4v) is 3.20. The first-order valence-corrected chi connectivity index (χ1v) is 7.49. The second-order valence-corrected chi connectivity index (χ2v) is 6.07. The van der Waals surface area contributed by atoms with Crippen LogP contribution in [-0.2, 0) is 17.8 Å². The summed E-state index contributed by atoms with van der Waals surface area (Å²) in [6, 6.07) is 8.28. The topological polar surface area (TPSA) is 44.4 Å². The lowest BCUT2D eigenvalue weighted by molar-refractivity contribution is -0.123. The minimum absolute atomic E-state index is 0.0796. The first kappa shape index (κ1) is 13.6. The fourth-order valence-electron chi connectivity index (χ4n) is 3.20. The first-order chi connectivity index (χ1) is 9.72. The highest BCUT2D eigenvalue weighted by molar-refractivity contribution is 5.82. The van der Waals surface area contributed by atoms with Crippen LogP contribution >= 0.6 is 0 Å². The van der Waals surface area contributed by atoms with E-state index in [0.717, 1.165) is 32.6 Å². The molecule has 20 heavy (non-hydrogen) atoms. The third-order valence-electron chi connectivity index (χ3n) is 4.45. The molecule has 2 N–H and O–H groups in total. The average molecular weight is 273 g/mol. The van der Waals surface area contributed by atoms with Crippen molar-refractivity contribution in [1.82, 2.24) is 15.5 Å². The van der Waals surface area contributed by atoms with E-state index in [1.165, 1.54) is 17.5 Å². The number of carbonyl (C=O) groups excluding carboxylic acids is 1. The number of hydrogen-bond acceptors (Lipinski definition) is 3. The van der Waals surface area contributed by atoms with Gasteiger partial charge in [0.2, 0.25) is 5.91 Å². The van der Waals surface area contributed by atoms with Crippen LogP contribution in [0.5, 0.6) is 0 Å². The van der Waals surface area contributed by atoms with Gasteiger partial charge in [0.15, 0.2) is 0 Å². The molecule has 0 aliphatic carbocycles. The highest BCUT2D eigenvalue weighted by atomic mass is 16.2. The van der Waals surface area contributed by atoms with Gasteiger partial charge < -0.3 is 15.5 Å². The molecule has 2 aliphatic heterocycles. The standard InChI is InChI=1S/C16H23N3O/c1-19-7-6-12(11-19)9-18-16(20)15-8-13-4-2-3-5-14(13)10-17-15/h2-5,12,15,17H,6-11H2,1H3,(H,18,20). The van der Waals surface area contributed by atoms with Crippen LogP contribution in [0.3, 0.4) is 0 Å². The molecule has 1 fully saturated rings. The SMILES string of the molecule is CN1CCC(CNC(=O)C2Cc3ccccc3CN2)C1. The van der Waals surface area contributed by atoms with Gasteiger partial charge in [-0.1, -0.05) is 24.3 Å². The lowest BCUT2D eigenvalue weighted by atomic mass is 9.95. The first-order valence-electron chi connectivity index (χ1n) is 7.49. The quantitative estimate of drug-likeness (QED) is 0.855. The summed E-state index contributed by atoms with van der Waals surface area (Å²) in [6.07, 6.45) is 1.99. The van der Waals surface area contributed by atoms with Gasteiger partial charge in [0.05, 0.1) is 6.04 Å². The molecule has 0 spiro atoms. The molecule has 4 heteroatoms. The van der Waals surface area contributed by atoms with E-state index in [0.29, 0.717) is 5.92 Å². The Morgan fingerprint density at radius 1 is 1.40 bits per heavy atom. The monoisotopic (exact) mass is 273 g/mol. The predicted molar refractivity (Wildman–Crippen MR) is 79.4 cm³/mol. The summed E-state index contributed by atoms with van der Waals surface area (Å²) in [6.45, 7) is 3.85. The van der Waals surface area contributed by atoms with Gasteiger partial charge in [0, 0.05) is 19.6 Å². The van der Waals surface area contributed by atoms with E-state index in [2.05, 4.69) is 40.8 Å². The molecule has 2 aliphatic rings. The van der Waals surface area contributed by atoms with Crippen molar-refractivity contribution in [3.8, 4) is 0 Å². The number of fused-ring (bicyclic) bond motifs is 1. The molecule has 0 aromatic heterocycles. The maximum Gasteiger partial charge on any atom is 0.237 e. The third kappa shape index (κ3) is 3.02. The van der Waals surface area contributed by atoms with E-state index in [1.807, 2.05) is 6.07 Å². The van der Waals surface area contributed by atoms with Crippen LogP contribution in [0.25, 0.3) is 0 Å². The highest BCUT2D eigenvalue weighted by Gasteiger charge is 2.25. The molecule has 0 bridgehead atoms. The minimum Gasteiger partial charge on any atom is -0.354 e. The van der Waals surface area contributed by atoms with Gasteiger partial charge in [-0.05, 0) is 43.5 Å². The van der Waals surface area contributed by atoms with Gasteiger partial charge in [-0.25, -0.2) is 0 Å². The van der Waals surface area contributed by atoms with Crippen LogP contribution in [0.4, 0.5) is 0 Å². The molecular weight excluding hydrogens is 250 g/mol. The Bertz CT molecular complexity index is 488. The second kappa shape index (κ2) is 5.94. The predicted octanol–water partition coefficient (Wildman–Crippen LogP) is 0.769. The van der Waals surface area contributed by atoms with Crippen molar-refractivity contribution < 1.29 is 4.79 Å². The molecular formula is C16H23N3O. The zero-order valence-electron chi connectivity index (χ0n) is 12.1. The number of hydrogen-bond donors (Lipinski definition) is 2. The molecule has 4 nitrogen and oxygen atoms in total. The lowest BCUT2D eigenvalue weighted by Gasteiger charge is -2.25. The van der Waals surface area contributed by atoms with Gasteiger partial charge in [-0.3, -0.25) is 4.79 Å². The molecule has 2 atom stereocenters. The Morgan fingerprint density at radius 3 is 2.95 bits per heavy atom. The van der Waals surface area contributed by atoms with Crippen molar-refractivity contribution in [3.05, 3.63) is 35.4 Å². The zero-order chi connectivity index (χ0) is 13.9. The molecule has 1 amide bonds. The smallest absolute Gasteiger partial charge is 0.237 e. The molecule has 1 aromatic rings. The minimum atomic E-state index is -0.0796. The Morgan fingerprint density at radius 2 is 2.20 bits per heavy atom. The molecule has 2 heterocycles. The zero-order valence-corrected chi connectivity index (χ0v) is 12.1. The summed E-state index contributed by atoms with van der Waals surface area (Å²) in [4.78, 5) is 14.6. The molecule has 3 rings (SSSR count). The summed E-state index contributed by atoms with van der Waals surface area (Å²) < 4.78 is 0. The highest BCUT2D eigenvalue weighted by Crippen LogP contribution is 2.17. The molecule has 1 aromatic carbocycles. The van der Waals surface area contributed by atoms with Crippen LogP contribution in [-0.4, -0.2) is 43.5 Å². The van der Waals surface area contributed by atoms with Crippen molar-refractivity contribution >= 4 is 5.91 Å². The van der Waals surface area contributed by atoms with Gasteiger partial charge in [-0.15, -0.1) is 0 Å². The molecule has 0 saturated carbocycles. The van der Waals surface area contributed by atoms with Crippen molar-refractivity contribution in [2.24, 2.45) is 5.92 Å². The Labute approximate surface area is 120 Å². The van der Waals surface area contributed by atoms with Crippen molar-refractivity contribution in [2.45, 2.75) is 25.4 Å². The van der Waals surface area contributed by atoms with E-state index in [-0.39, 0.29) is 11.9 Å². The Kier molecular flexibility index (Phi) is 4.03. The van der Waals surface area contributed by atoms with Gasteiger partial charge in [0.25, 0.3) is 0 Å². The fraction of sp³-hybridized carbons (Fsp3) is 0.562. The largest absolute Gasteiger partial charge is 0.354 e. The number of nitrogens with one attached hydrogen (secondary N) is 2. The maximum atomic E-state index is 12.3. The van der Waals surface area contributed by atoms with Gasteiger partial charge >= 0.3 is 0 Å². The lowest BCUT2D eigenvalue weighted by Crippen LogP contribution is -2.48. The van der Waals surface area contributed by atoms with Crippen molar-refractivity contribution in [3.63, 3.8) is 0 Å². The average Bonchev–Trinajstić information content (AvgIpc) is 2.90. The van der Waals surface area contributed by atoms with Crippen LogP contribution in [0.2, 0.25) is 0 Å². The van der Waals surface area contributed by atoms with Crippen LogP contribution in [0, 0.1) is 5.92 Å². The van der Waals surface area contributed by atoms with E-state index in [9.17, 15) is 4.79 Å². The summed E-state index contributed by atoms with van der Waals surface area (Å²) in [5.41, 5.74) is 2.61. The summed E-state index contributed by atoms with van der Waals surface area (Å²) in [5, 5.41) is 6.45. The normalized spacial score (nSPS) is 26.2. The van der Waals surface area contributed by atoms with Crippen molar-refractivity contribution in [1.29, 1.82) is 0 Å². The van der Waals surface area contributed by atoms with E-state index >= 15 is 0 Å². The molecule has 108 valence electrons. The second-order valence-electron chi connectivity index (χ2n) is 6.07. The summed E-state index contributed by atoms with van der Waals surface area (Å²) in [7, 11) is 2.14. The number of rotatable bonds is 3. The Hall–Kier alpha value is -1.39. The van der Waals surface area contributed by atoms with E-state index in [1.54, 1.807) is 0 Å². The number of amides is 1. The summed E-state index contributed by atoms with van der Waals surface area (Å²) in [5.74, 6) is 0.758. The third-order valence-corrected chi connectivity index (χ3v) is 4.45. The van der Waals surface area contributed by atoms with Crippen molar-refractivity contribution in [2.75, 3.05) is 26.7 Å². The van der Waals surface area contributed by atoms with Gasteiger partial charge in [-0.2, -0.15) is 0 Å².